The summed E-state index contributed by atoms with van der Waals surface area (Å²) in [5.41, 5.74) is 6.41. The molecule has 0 unspecified atom stereocenters. The molecule has 2 amide bonds. The van der Waals surface area contributed by atoms with Crippen LogP contribution in [0.2, 0.25) is 0 Å². The van der Waals surface area contributed by atoms with E-state index in [-0.39, 0.29) is 24.9 Å². The molecule has 3 rings (SSSR count). The number of carbonyl (C=O) groups excluding carboxylic acids is 2. The average Bonchev–Trinajstić information content (AvgIpc) is 2.99. The summed E-state index contributed by atoms with van der Waals surface area (Å²) in [5.74, 6) is -0.357. The molecule has 0 saturated carbocycles. The van der Waals surface area contributed by atoms with Crippen molar-refractivity contribution in [3.63, 3.8) is 0 Å². The van der Waals surface area contributed by atoms with E-state index in [4.69, 9.17) is 0 Å². The van der Waals surface area contributed by atoms with Crippen molar-refractivity contribution < 1.29 is 9.59 Å². The van der Waals surface area contributed by atoms with Crippen LogP contribution in [0.4, 0.5) is 11.4 Å². The van der Waals surface area contributed by atoms with Crippen LogP contribution in [0.25, 0.3) is 0 Å². The SMILES string of the molecule is Cc1cc(C)c(NC(=O)CNC(=O)CN2CCc3ccccc32)c(C)c1. The number of anilines is 2. The van der Waals surface area contributed by atoms with E-state index in [1.807, 2.05) is 51.1 Å². The number of hydrogen-bond donors (Lipinski definition) is 2. The summed E-state index contributed by atoms with van der Waals surface area (Å²) in [7, 11) is 0. The number of aryl methyl sites for hydroxylation is 3. The van der Waals surface area contributed by atoms with E-state index in [1.165, 1.54) is 5.56 Å². The second-order valence-electron chi connectivity index (χ2n) is 6.90. The molecule has 0 radical (unpaired) electrons. The first-order valence-corrected chi connectivity index (χ1v) is 8.91. The molecular weight excluding hydrogens is 326 g/mol. The van der Waals surface area contributed by atoms with Gasteiger partial charge in [0.2, 0.25) is 11.8 Å². The van der Waals surface area contributed by atoms with Crippen LogP contribution in [0.1, 0.15) is 22.3 Å². The highest BCUT2D eigenvalue weighted by atomic mass is 16.2. The molecule has 0 atom stereocenters. The fourth-order valence-corrected chi connectivity index (χ4v) is 3.54. The molecule has 0 fully saturated rings. The smallest absolute Gasteiger partial charge is 0.243 e. The van der Waals surface area contributed by atoms with E-state index in [0.29, 0.717) is 0 Å². The molecule has 2 aromatic carbocycles. The Morgan fingerprint density at radius 2 is 1.73 bits per heavy atom. The van der Waals surface area contributed by atoms with Gasteiger partial charge in [-0.3, -0.25) is 9.59 Å². The Hall–Kier alpha value is -2.82. The maximum atomic E-state index is 12.2. The lowest BCUT2D eigenvalue weighted by molar-refractivity contribution is -0.123. The molecule has 0 bridgehead atoms. The number of hydrogen-bond acceptors (Lipinski definition) is 3. The summed E-state index contributed by atoms with van der Waals surface area (Å²) in [6.07, 6.45) is 0.954. The fourth-order valence-electron chi connectivity index (χ4n) is 3.54. The zero-order valence-electron chi connectivity index (χ0n) is 15.6. The Balaban J connectivity index is 1.52. The van der Waals surface area contributed by atoms with Crippen molar-refractivity contribution in [2.24, 2.45) is 0 Å². The monoisotopic (exact) mass is 351 g/mol. The third-order valence-corrected chi connectivity index (χ3v) is 4.71. The van der Waals surface area contributed by atoms with Crippen LogP contribution in [0, 0.1) is 20.8 Å². The molecule has 2 N–H and O–H groups in total. The highest BCUT2D eigenvalue weighted by molar-refractivity contribution is 5.96. The van der Waals surface area contributed by atoms with Gasteiger partial charge in [-0.1, -0.05) is 35.9 Å². The van der Waals surface area contributed by atoms with Gasteiger partial charge in [-0.05, 0) is 49.9 Å². The maximum Gasteiger partial charge on any atom is 0.243 e. The molecule has 0 saturated heterocycles. The number of benzene rings is 2. The van der Waals surface area contributed by atoms with Crippen LogP contribution in [0.5, 0.6) is 0 Å². The molecule has 26 heavy (non-hydrogen) atoms. The second kappa shape index (κ2) is 7.60. The highest BCUT2D eigenvalue weighted by Gasteiger charge is 2.20. The van der Waals surface area contributed by atoms with Gasteiger partial charge < -0.3 is 15.5 Å². The molecule has 2 aromatic rings. The maximum absolute atomic E-state index is 12.2. The minimum atomic E-state index is -0.213. The third-order valence-electron chi connectivity index (χ3n) is 4.71. The van der Waals surface area contributed by atoms with Gasteiger partial charge in [-0.2, -0.15) is 0 Å². The number of rotatable bonds is 5. The number of nitrogens with zero attached hydrogens (tertiary/aromatic N) is 1. The Labute approximate surface area is 154 Å². The van der Waals surface area contributed by atoms with E-state index in [1.54, 1.807) is 0 Å². The third kappa shape index (κ3) is 4.04. The van der Waals surface area contributed by atoms with E-state index in [2.05, 4.69) is 21.6 Å². The molecular formula is C21H25N3O2. The van der Waals surface area contributed by atoms with Crippen molar-refractivity contribution in [2.45, 2.75) is 27.2 Å². The normalized spacial score (nSPS) is 12.7. The summed E-state index contributed by atoms with van der Waals surface area (Å²) in [4.78, 5) is 26.5. The molecule has 1 aliphatic heterocycles. The van der Waals surface area contributed by atoms with Gasteiger partial charge in [-0.15, -0.1) is 0 Å². The molecule has 5 nitrogen and oxygen atoms in total. The van der Waals surface area contributed by atoms with Gasteiger partial charge >= 0.3 is 0 Å². The number of carbonyl (C=O) groups is 2. The van der Waals surface area contributed by atoms with Crippen molar-refractivity contribution in [3.05, 3.63) is 58.7 Å². The Bertz CT molecular complexity index is 822. The summed E-state index contributed by atoms with van der Waals surface area (Å²) >= 11 is 0. The van der Waals surface area contributed by atoms with Crippen LogP contribution in [-0.4, -0.2) is 31.4 Å². The predicted octanol–water partition coefficient (Wildman–Crippen LogP) is 2.73. The molecule has 5 heteroatoms. The van der Waals surface area contributed by atoms with Crippen LogP contribution in [0.15, 0.2) is 36.4 Å². The highest BCUT2D eigenvalue weighted by Crippen LogP contribution is 2.26. The van der Waals surface area contributed by atoms with E-state index < -0.39 is 0 Å². The Morgan fingerprint density at radius 3 is 2.46 bits per heavy atom. The van der Waals surface area contributed by atoms with Crippen LogP contribution in [0.3, 0.4) is 0 Å². The summed E-state index contributed by atoms with van der Waals surface area (Å²) in [6, 6.07) is 12.2. The Morgan fingerprint density at radius 1 is 1.04 bits per heavy atom. The molecule has 136 valence electrons. The largest absolute Gasteiger partial charge is 0.362 e. The second-order valence-corrected chi connectivity index (χ2v) is 6.90. The molecule has 0 aliphatic carbocycles. The van der Waals surface area contributed by atoms with Crippen molar-refractivity contribution >= 4 is 23.2 Å². The van der Waals surface area contributed by atoms with Gasteiger partial charge in [0.05, 0.1) is 13.1 Å². The lowest BCUT2D eigenvalue weighted by atomic mass is 10.1. The first kappa shape index (κ1) is 18.0. The van der Waals surface area contributed by atoms with Crippen molar-refractivity contribution in [1.29, 1.82) is 0 Å². The van der Waals surface area contributed by atoms with Crippen LogP contribution >= 0.6 is 0 Å². The molecule has 0 spiro atoms. The molecule has 1 heterocycles. The first-order chi connectivity index (χ1) is 12.4. The Kier molecular flexibility index (Phi) is 5.26. The van der Waals surface area contributed by atoms with E-state index in [0.717, 1.165) is 41.0 Å². The van der Waals surface area contributed by atoms with Crippen LogP contribution < -0.4 is 15.5 Å². The summed E-state index contributed by atoms with van der Waals surface area (Å²) in [5, 5.41) is 5.62. The topological polar surface area (TPSA) is 61.4 Å². The van der Waals surface area contributed by atoms with Gasteiger partial charge in [0.15, 0.2) is 0 Å². The zero-order valence-corrected chi connectivity index (χ0v) is 15.6. The number of fused-ring (bicyclic) bond motifs is 1. The average molecular weight is 351 g/mol. The van der Waals surface area contributed by atoms with Crippen molar-refractivity contribution in [2.75, 3.05) is 29.9 Å². The summed E-state index contributed by atoms with van der Waals surface area (Å²) < 4.78 is 0. The zero-order chi connectivity index (χ0) is 18.7. The quantitative estimate of drug-likeness (QED) is 0.871. The van der Waals surface area contributed by atoms with Crippen molar-refractivity contribution in [3.8, 4) is 0 Å². The van der Waals surface area contributed by atoms with Gasteiger partial charge in [-0.25, -0.2) is 0 Å². The van der Waals surface area contributed by atoms with Crippen LogP contribution in [-0.2, 0) is 16.0 Å². The number of amides is 2. The van der Waals surface area contributed by atoms with Gasteiger partial charge in [0, 0.05) is 17.9 Å². The minimum Gasteiger partial charge on any atom is -0.362 e. The minimum absolute atomic E-state index is 0.0267. The lowest BCUT2D eigenvalue weighted by Gasteiger charge is -2.19. The lowest BCUT2D eigenvalue weighted by Crippen LogP contribution is -2.40. The first-order valence-electron chi connectivity index (χ1n) is 8.91. The number of nitrogens with one attached hydrogen (secondary N) is 2. The number of para-hydroxylation sites is 1. The molecule has 1 aliphatic rings. The van der Waals surface area contributed by atoms with Gasteiger partial charge in [0.1, 0.15) is 0 Å². The van der Waals surface area contributed by atoms with E-state index in [9.17, 15) is 9.59 Å². The summed E-state index contributed by atoms with van der Waals surface area (Å²) in [6.45, 7) is 7.05. The predicted molar refractivity (Wildman–Crippen MR) is 105 cm³/mol. The van der Waals surface area contributed by atoms with E-state index >= 15 is 0 Å². The fraction of sp³-hybridized carbons (Fsp3) is 0.333. The standard InChI is InChI=1S/C21H25N3O2/c1-14-10-15(2)21(16(3)11-14)23-19(25)12-22-20(26)13-24-9-8-17-6-4-5-7-18(17)24/h4-7,10-11H,8-9,12-13H2,1-3H3,(H,22,26)(H,23,25). The van der Waals surface area contributed by atoms with Crippen molar-refractivity contribution in [1.82, 2.24) is 5.32 Å². The molecule has 0 aromatic heterocycles. The van der Waals surface area contributed by atoms with Gasteiger partial charge in [0.25, 0.3) is 0 Å².